The van der Waals surface area contributed by atoms with Crippen LogP contribution >= 0.6 is 0 Å². The topological polar surface area (TPSA) is 59.4 Å². The van der Waals surface area contributed by atoms with Crippen molar-refractivity contribution >= 4 is 5.97 Å². The smallest absolute Gasteiger partial charge is 0.340 e. The third kappa shape index (κ3) is 4.90. The van der Waals surface area contributed by atoms with Gasteiger partial charge < -0.3 is 9.84 Å². The summed E-state index contributed by atoms with van der Waals surface area (Å²) in [5.74, 6) is -1.68. The molecular formula is C30H27F2NO3. The Morgan fingerprint density at radius 3 is 1.89 bits per heavy atom. The molecule has 0 fully saturated rings. The largest absolute Gasteiger partial charge is 0.465 e. The molecule has 4 nitrogen and oxygen atoms in total. The van der Waals surface area contributed by atoms with Crippen LogP contribution in [0.2, 0.25) is 0 Å². The van der Waals surface area contributed by atoms with E-state index in [-0.39, 0.29) is 11.5 Å². The number of aliphatic hydroxyl groups excluding tert-OH is 1. The van der Waals surface area contributed by atoms with Crippen LogP contribution in [0.15, 0.2) is 72.8 Å². The Morgan fingerprint density at radius 1 is 0.861 bits per heavy atom. The molecule has 6 heteroatoms. The molecule has 4 aromatic rings. The highest BCUT2D eigenvalue weighted by Gasteiger charge is 2.31. The first-order valence-corrected chi connectivity index (χ1v) is 11.6. The predicted octanol–water partition coefficient (Wildman–Crippen LogP) is 6.99. The van der Waals surface area contributed by atoms with Crippen LogP contribution in [0.4, 0.5) is 8.78 Å². The molecule has 1 atom stereocenters. The molecular weight excluding hydrogens is 460 g/mol. The van der Waals surface area contributed by atoms with Gasteiger partial charge in [0.25, 0.3) is 0 Å². The Hall–Kier alpha value is -3.90. The fraction of sp³-hybridized carbons (Fsp3) is 0.200. The van der Waals surface area contributed by atoms with Gasteiger partial charge in [-0.1, -0.05) is 55.8 Å². The van der Waals surface area contributed by atoms with E-state index in [2.05, 4.69) is 0 Å². The van der Waals surface area contributed by atoms with Crippen LogP contribution in [-0.2, 0) is 4.74 Å². The Labute approximate surface area is 209 Å². The summed E-state index contributed by atoms with van der Waals surface area (Å²) in [5.41, 5.74) is 4.50. The van der Waals surface area contributed by atoms with Crippen LogP contribution in [0.1, 0.15) is 58.6 Å². The quantitative estimate of drug-likeness (QED) is 0.298. The summed E-state index contributed by atoms with van der Waals surface area (Å²) >= 11 is 0. The zero-order chi connectivity index (χ0) is 26.0. The van der Waals surface area contributed by atoms with Gasteiger partial charge in [0.15, 0.2) is 0 Å². The molecule has 0 amide bonds. The van der Waals surface area contributed by atoms with Crippen LogP contribution in [0.25, 0.3) is 22.4 Å². The molecule has 0 aliphatic carbocycles. The Kier molecular flexibility index (Phi) is 7.27. The molecule has 1 heterocycles. The molecule has 0 aliphatic heterocycles. The number of halogens is 2. The fourth-order valence-corrected chi connectivity index (χ4v) is 4.28. The van der Waals surface area contributed by atoms with Gasteiger partial charge in [0.2, 0.25) is 0 Å². The molecule has 36 heavy (non-hydrogen) atoms. The van der Waals surface area contributed by atoms with E-state index in [9.17, 15) is 18.7 Å². The zero-order valence-corrected chi connectivity index (χ0v) is 20.5. The number of methoxy groups -OCH3 is 1. The van der Waals surface area contributed by atoms with Crippen LogP contribution in [0.5, 0.6) is 0 Å². The number of aliphatic hydroxyl groups is 1. The van der Waals surface area contributed by atoms with Gasteiger partial charge in [-0.15, -0.1) is 0 Å². The molecule has 0 saturated heterocycles. The van der Waals surface area contributed by atoms with Crippen molar-refractivity contribution < 1.29 is 23.4 Å². The Balaban J connectivity index is 2.15. The zero-order valence-electron chi connectivity index (χ0n) is 20.5. The number of esters is 1. The summed E-state index contributed by atoms with van der Waals surface area (Å²) in [6.07, 6.45) is -1.12. The number of hydrogen-bond donors (Lipinski definition) is 1. The summed E-state index contributed by atoms with van der Waals surface area (Å²) < 4.78 is 32.8. The molecule has 184 valence electrons. The van der Waals surface area contributed by atoms with E-state index in [1.54, 1.807) is 24.3 Å². The van der Waals surface area contributed by atoms with Gasteiger partial charge in [-0.3, -0.25) is 4.98 Å². The van der Waals surface area contributed by atoms with E-state index >= 15 is 0 Å². The van der Waals surface area contributed by atoms with Crippen LogP contribution in [-0.4, -0.2) is 23.2 Å². The van der Waals surface area contributed by atoms with Crippen molar-refractivity contribution in [2.45, 2.75) is 32.8 Å². The van der Waals surface area contributed by atoms with E-state index in [0.717, 1.165) is 5.56 Å². The maximum absolute atomic E-state index is 13.9. The average Bonchev–Trinajstić information content (AvgIpc) is 2.88. The number of aromatic nitrogens is 1. The van der Waals surface area contributed by atoms with Gasteiger partial charge in [-0.2, -0.15) is 0 Å². The van der Waals surface area contributed by atoms with Gasteiger partial charge >= 0.3 is 5.97 Å². The minimum Gasteiger partial charge on any atom is -0.465 e. The maximum Gasteiger partial charge on any atom is 0.340 e. The number of hydrogen-bond acceptors (Lipinski definition) is 4. The molecule has 0 aliphatic rings. The first kappa shape index (κ1) is 25.2. The lowest BCUT2D eigenvalue weighted by Crippen LogP contribution is -2.17. The third-order valence-electron chi connectivity index (χ3n) is 6.12. The lowest BCUT2D eigenvalue weighted by atomic mass is 9.84. The van der Waals surface area contributed by atoms with E-state index in [4.69, 9.17) is 9.72 Å². The van der Waals surface area contributed by atoms with Crippen LogP contribution in [0.3, 0.4) is 0 Å². The second-order valence-corrected chi connectivity index (χ2v) is 8.98. The summed E-state index contributed by atoms with van der Waals surface area (Å²) in [6.45, 7) is 5.83. The number of rotatable bonds is 6. The van der Waals surface area contributed by atoms with E-state index < -0.39 is 23.7 Å². The first-order valence-electron chi connectivity index (χ1n) is 11.6. The number of carbonyl (C=O) groups excluding carboxylic acids is 1. The lowest BCUT2D eigenvalue weighted by Gasteiger charge is -2.26. The predicted molar refractivity (Wildman–Crippen MR) is 136 cm³/mol. The third-order valence-corrected chi connectivity index (χ3v) is 6.12. The van der Waals surface area contributed by atoms with E-state index in [1.807, 2.05) is 45.0 Å². The number of pyridine rings is 1. The summed E-state index contributed by atoms with van der Waals surface area (Å²) in [5, 5.41) is 11.7. The highest BCUT2D eigenvalue weighted by Crippen LogP contribution is 2.42. The van der Waals surface area contributed by atoms with Gasteiger partial charge in [-0.25, -0.2) is 13.6 Å². The molecule has 0 saturated carbocycles. The monoisotopic (exact) mass is 487 g/mol. The van der Waals surface area contributed by atoms with E-state index in [1.165, 1.54) is 31.4 Å². The highest BCUT2D eigenvalue weighted by molar-refractivity contribution is 6.04. The molecule has 0 radical (unpaired) electrons. The van der Waals surface area contributed by atoms with Crippen molar-refractivity contribution in [3.05, 3.63) is 112 Å². The highest BCUT2D eigenvalue weighted by atomic mass is 19.1. The average molecular weight is 488 g/mol. The second-order valence-electron chi connectivity index (χ2n) is 8.98. The summed E-state index contributed by atoms with van der Waals surface area (Å²) in [7, 11) is 1.26. The molecule has 1 aromatic heterocycles. The van der Waals surface area contributed by atoms with Crippen molar-refractivity contribution in [3.63, 3.8) is 0 Å². The van der Waals surface area contributed by atoms with Crippen LogP contribution in [0, 0.1) is 18.6 Å². The molecule has 3 aromatic carbocycles. The minimum atomic E-state index is -1.12. The van der Waals surface area contributed by atoms with Crippen molar-refractivity contribution in [2.24, 2.45) is 0 Å². The van der Waals surface area contributed by atoms with E-state index in [0.29, 0.717) is 39.2 Å². The fourth-order valence-electron chi connectivity index (χ4n) is 4.28. The normalized spacial score (nSPS) is 12.0. The number of ether oxygens (including phenoxy) is 1. The first-order chi connectivity index (χ1) is 17.2. The second kappa shape index (κ2) is 10.4. The number of carbonyl (C=O) groups is 1. The maximum atomic E-state index is 13.9. The standard InChI is InChI=1S/C30H27F2NO3/c1-17(2)27-25(29(34)21-7-5-18(3)6-8-21)24(19-9-13-22(31)14-10-19)26(30(35)36-4)28(33-27)20-11-15-23(32)16-12-20/h5-17,29,34H,1-4H3. The van der Waals surface area contributed by atoms with Gasteiger partial charge in [-0.05, 0) is 60.4 Å². The summed E-state index contributed by atoms with van der Waals surface area (Å²) in [6, 6.07) is 18.8. The van der Waals surface area contributed by atoms with Crippen molar-refractivity contribution in [2.75, 3.05) is 7.11 Å². The Morgan fingerprint density at radius 2 is 1.39 bits per heavy atom. The number of nitrogens with zero attached hydrogens (tertiary/aromatic N) is 1. The van der Waals surface area contributed by atoms with Gasteiger partial charge in [0.05, 0.1) is 24.1 Å². The molecule has 4 rings (SSSR count). The van der Waals surface area contributed by atoms with Crippen molar-refractivity contribution in [3.8, 4) is 22.4 Å². The summed E-state index contributed by atoms with van der Waals surface area (Å²) in [4.78, 5) is 18.1. The van der Waals surface area contributed by atoms with Crippen molar-refractivity contribution in [1.29, 1.82) is 0 Å². The van der Waals surface area contributed by atoms with Gasteiger partial charge in [0, 0.05) is 16.7 Å². The SMILES string of the molecule is COC(=O)c1c(-c2ccc(F)cc2)nc(C(C)C)c(C(O)c2ccc(C)cc2)c1-c1ccc(F)cc1. The lowest BCUT2D eigenvalue weighted by molar-refractivity contribution is 0.0601. The number of aryl methyl sites for hydroxylation is 1. The van der Waals surface area contributed by atoms with Crippen molar-refractivity contribution in [1.82, 2.24) is 4.98 Å². The molecule has 1 N–H and O–H groups in total. The van der Waals surface area contributed by atoms with Gasteiger partial charge in [0.1, 0.15) is 17.7 Å². The molecule has 0 bridgehead atoms. The molecule has 0 spiro atoms. The Bertz CT molecular complexity index is 1380. The van der Waals surface area contributed by atoms with Crippen LogP contribution < -0.4 is 0 Å². The number of benzene rings is 3. The molecule has 1 unspecified atom stereocenters. The minimum absolute atomic E-state index is 0.112.